The topological polar surface area (TPSA) is 46.2 Å². The molecule has 5 heteroatoms. The van der Waals surface area contributed by atoms with Crippen molar-refractivity contribution in [3.05, 3.63) is 0 Å². The SMILES string of the molecule is O=S(=O)(CBr)NC1CCCC1. The molecule has 66 valence electrons. The van der Waals surface area contributed by atoms with Crippen LogP contribution in [0.4, 0.5) is 0 Å². The highest BCUT2D eigenvalue weighted by atomic mass is 79.9. The molecular formula is C6H12BrNO2S. The third-order valence-corrected chi connectivity index (χ3v) is 4.63. The average Bonchev–Trinajstić information content (AvgIpc) is 2.39. The Balaban J connectivity index is 2.41. The van der Waals surface area contributed by atoms with Crippen LogP contribution in [0.3, 0.4) is 0 Å². The summed E-state index contributed by atoms with van der Waals surface area (Å²) in [7, 11) is -3.04. The van der Waals surface area contributed by atoms with Gasteiger partial charge >= 0.3 is 0 Å². The lowest BCUT2D eigenvalue weighted by Gasteiger charge is -2.09. The minimum atomic E-state index is -3.04. The normalized spacial score (nSPS) is 20.8. The Morgan fingerprint density at radius 2 is 1.91 bits per heavy atom. The monoisotopic (exact) mass is 241 g/mol. The summed E-state index contributed by atoms with van der Waals surface area (Å²) in [6, 6.07) is 0.192. The van der Waals surface area contributed by atoms with E-state index < -0.39 is 10.0 Å². The van der Waals surface area contributed by atoms with Gasteiger partial charge in [-0.3, -0.25) is 0 Å². The van der Waals surface area contributed by atoms with E-state index in [0.717, 1.165) is 25.7 Å². The van der Waals surface area contributed by atoms with E-state index in [0.29, 0.717) is 0 Å². The third-order valence-electron chi connectivity index (χ3n) is 1.85. The predicted octanol–water partition coefficient (Wildman–Crippen LogP) is 1.20. The Labute approximate surface area is 75.7 Å². The summed E-state index contributed by atoms with van der Waals surface area (Å²) in [5.74, 6) is 0. The van der Waals surface area contributed by atoms with Crippen molar-refractivity contribution >= 4 is 26.0 Å². The van der Waals surface area contributed by atoms with E-state index in [2.05, 4.69) is 20.7 Å². The number of hydrogen-bond donors (Lipinski definition) is 1. The first-order chi connectivity index (χ1) is 5.14. The molecule has 3 nitrogen and oxygen atoms in total. The first-order valence-corrected chi connectivity index (χ1v) is 6.47. The van der Waals surface area contributed by atoms with Gasteiger partial charge in [0, 0.05) is 6.04 Å². The minimum absolute atomic E-state index is 0.0104. The highest BCUT2D eigenvalue weighted by Crippen LogP contribution is 2.18. The van der Waals surface area contributed by atoms with Gasteiger partial charge in [-0.05, 0) is 12.8 Å². The van der Waals surface area contributed by atoms with Crippen LogP contribution in [0.2, 0.25) is 0 Å². The summed E-state index contributed by atoms with van der Waals surface area (Å²) in [5.41, 5.74) is 0. The molecular weight excluding hydrogens is 230 g/mol. The molecule has 0 aromatic heterocycles. The van der Waals surface area contributed by atoms with E-state index in [1.807, 2.05) is 0 Å². The molecule has 1 saturated carbocycles. The second-order valence-electron chi connectivity index (χ2n) is 2.82. The van der Waals surface area contributed by atoms with Crippen molar-refractivity contribution in [2.75, 3.05) is 4.66 Å². The quantitative estimate of drug-likeness (QED) is 0.756. The van der Waals surface area contributed by atoms with Crippen LogP contribution in [0.5, 0.6) is 0 Å². The van der Waals surface area contributed by atoms with Crippen molar-refractivity contribution in [2.24, 2.45) is 0 Å². The van der Waals surface area contributed by atoms with Gasteiger partial charge in [0.05, 0.1) is 0 Å². The Morgan fingerprint density at radius 3 is 2.36 bits per heavy atom. The molecule has 0 aromatic rings. The molecule has 0 radical (unpaired) electrons. The number of rotatable bonds is 3. The number of hydrogen-bond acceptors (Lipinski definition) is 2. The molecule has 0 saturated heterocycles. The highest BCUT2D eigenvalue weighted by Gasteiger charge is 2.19. The maximum absolute atomic E-state index is 11.0. The lowest BCUT2D eigenvalue weighted by molar-refractivity contribution is 0.557. The zero-order valence-corrected chi connectivity index (χ0v) is 8.62. The summed E-state index contributed by atoms with van der Waals surface area (Å²) >= 11 is 2.93. The Kier molecular flexibility index (Phi) is 3.33. The van der Waals surface area contributed by atoms with Crippen molar-refractivity contribution < 1.29 is 8.42 Å². The Morgan fingerprint density at radius 1 is 1.36 bits per heavy atom. The molecule has 1 aliphatic carbocycles. The number of halogens is 1. The predicted molar refractivity (Wildman–Crippen MR) is 48.1 cm³/mol. The van der Waals surface area contributed by atoms with Gasteiger partial charge in [-0.15, -0.1) is 0 Å². The molecule has 11 heavy (non-hydrogen) atoms. The van der Waals surface area contributed by atoms with E-state index in [9.17, 15) is 8.42 Å². The van der Waals surface area contributed by atoms with Gasteiger partial charge in [-0.1, -0.05) is 28.8 Å². The molecule has 1 aliphatic rings. The van der Waals surface area contributed by atoms with E-state index in [1.165, 1.54) is 0 Å². The van der Waals surface area contributed by atoms with Crippen LogP contribution in [0.15, 0.2) is 0 Å². The van der Waals surface area contributed by atoms with Crippen molar-refractivity contribution in [3.63, 3.8) is 0 Å². The molecule has 0 amide bonds. The lowest BCUT2D eigenvalue weighted by atomic mass is 10.3. The molecule has 1 rings (SSSR count). The molecule has 0 aromatic carbocycles. The Hall–Kier alpha value is 0.390. The second kappa shape index (κ2) is 3.87. The van der Waals surface area contributed by atoms with Crippen molar-refractivity contribution in [1.29, 1.82) is 0 Å². The van der Waals surface area contributed by atoms with Crippen molar-refractivity contribution in [1.82, 2.24) is 4.72 Å². The van der Waals surface area contributed by atoms with Crippen LogP contribution in [0, 0.1) is 0 Å². The van der Waals surface area contributed by atoms with Gasteiger partial charge in [-0.25, -0.2) is 13.1 Å². The summed E-state index contributed by atoms with van der Waals surface area (Å²) < 4.78 is 24.6. The van der Waals surface area contributed by atoms with Crippen molar-refractivity contribution in [2.45, 2.75) is 31.7 Å². The fraction of sp³-hybridized carbons (Fsp3) is 1.00. The second-order valence-corrected chi connectivity index (χ2v) is 5.88. The molecule has 0 bridgehead atoms. The number of sulfonamides is 1. The molecule has 0 atom stereocenters. The fourth-order valence-corrected chi connectivity index (χ4v) is 2.53. The van der Waals surface area contributed by atoms with Gasteiger partial charge in [0.1, 0.15) is 4.66 Å². The smallest absolute Gasteiger partial charge is 0.212 e. The van der Waals surface area contributed by atoms with Crippen LogP contribution in [0.25, 0.3) is 0 Å². The largest absolute Gasteiger partial charge is 0.221 e. The maximum Gasteiger partial charge on any atom is 0.221 e. The fourth-order valence-electron chi connectivity index (χ4n) is 1.33. The molecule has 1 fully saturated rings. The Bertz CT molecular complexity index is 209. The van der Waals surface area contributed by atoms with Gasteiger partial charge < -0.3 is 0 Å². The molecule has 0 heterocycles. The first kappa shape index (κ1) is 9.48. The van der Waals surface area contributed by atoms with E-state index in [-0.39, 0.29) is 10.7 Å². The molecule has 1 N–H and O–H groups in total. The summed E-state index contributed by atoms with van der Waals surface area (Å²) in [6.45, 7) is 0. The van der Waals surface area contributed by atoms with Crippen LogP contribution >= 0.6 is 15.9 Å². The van der Waals surface area contributed by atoms with Crippen LogP contribution < -0.4 is 4.72 Å². The standard InChI is InChI=1S/C6H12BrNO2S/c7-5-11(9,10)8-6-3-1-2-4-6/h6,8H,1-5H2. The minimum Gasteiger partial charge on any atom is -0.212 e. The molecule has 0 aliphatic heterocycles. The highest BCUT2D eigenvalue weighted by molar-refractivity contribution is 9.10. The van der Waals surface area contributed by atoms with Crippen LogP contribution in [-0.2, 0) is 10.0 Å². The zero-order valence-electron chi connectivity index (χ0n) is 6.22. The van der Waals surface area contributed by atoms with Gasteiger partial charge in [-0.2, -0.15) is 0 Å². The van der Waals surface area contributed by atoms with E-state index >= 15 is 0 Å². The van der Waals surface area contributed by atoms with E-state index in [4.69, 9.17) is 0 Å². The third kappa shape index (κ3) is 3.09. The number of nitrogens with one attached hydrogen (secondary N) is 1. The zero-order chi connectivity index (χ0) is 8.32. The average molecular weight is 242 g/mol. The molecule has 0 unspecified atom stereocenters. The summed E-state index contributed by atoms with van der Waals surface area (Å²) in [6.07, 6.45) is 4.28. The van der Waals surface area contributed by atoms with Crippen LogP contribution in [-0.4, -0.2) is 19.1 Å². The van der Waals surface area contributed by atoms with Gasteiger partial charge in [0.2, 0.25) is 10.0 Å². The maximum atomic E-state index is 11.0. The summed E-state index contributed by atoms with van der Waals surface area (Å²) in [5, 5.41) is 0. The van der Waals surface area contributed by atoms with Gasteiger partial charge in [0.15, 0.2) is 0 Å². The van der Waals surface area contributed by atoms with Crippen LogP contribution in [0.1, 0.15) is 25.7 Å². The summed E-state index contributed by atoms with van der Waals surface area (Å²) in [4.78, 5) is 0. The lowest BCUT2D eigenvalue weighted by Crippen LogP contribution is -2.33. The van der Waals surface area contributed by atoms with Gasteiger partial charge in [0.25, 0.3) is 0 Å². The van der Waals surface area contributed by atoms with E-state index in [1.54, 1.807) is 0 Å². The molecule has 0 spiro atoms. The first-order valence-electron chi connectivity index (χ1n) is 3.70. The van der Waals surface area contributed by atoms with Crippen molar-refractivity contribution in [3.8, 4) is 0 Å². The number of alkyl halides is 1.